The Morgan fingerprint density at radius 1 is 0.818 bits per heavy atom. The van der Waals surface area contributed by atoms with Gasteiger partial charge < -0.3 is 0 Å². The number of nitrogens with zero attached hydrogens (tertiary/aromatic N) is 1. The maximum Gasteiger partial charge on any atom is 0.166 e. The lowest BCUT2D eigenvalue weighted by Crippen LogP contribution is -1.90. The number of hydrogen-bond acceptors (Lipinski definition) is 2. The molecule has 1 fully saturated rings. The first-order valence-electron chi connectivity index (χ1n) is 10.3. The number of benzene rings is 3. The van der Waals surface area contributed by atoms with Gasteiger partial charge >= 0.3 is 0 Å². The Morgan fingerprint density at radius 2 is 1.33 bits per heavy atom. The van der Waals surface area contributed by atoms with Crippen LogP contribution in [0.4, 0.5) is 17.6 Å². The number of hydrogen-bond donors (Lipinski definition) is 0. The first kappa shape index (κ1) is 22.7. The Balaban J connectivity index is 1.49. The van der Waals surface area contributed by atoms with Crippen LogP contribution in [0.1, 0.15) is 40.7 Å². The Hall–Kier alpha value is -3.48. The molecule has 33 heavy (non-hydrogen) atoms. The second-order valence-corrected chi connectivity index (χ2v) is 8.56. The van der Waals surface area contributed by atoms with Crippen molar-refractivity contribution in [2.75, 3.05) is 0 Å². The quantitative estimate of drug-likeness (QED) is 0.128. The molecule has 0 aromatic heterocycles. The van der Waals surface area contributed by atoms with Crippen LogP contribution in [0.3, 0.4) is 0 Å². The molecule has 4 rings (SSSR count). The van der Waals surface area contributed by atoms with E-state index in [4.69, 9.17) is 5.26 Å². The van der Waals surface area contributed by atoms with Gasteiger partial charge in [-0.2, -0.15) is 5.26 Å². The van der Waals surface area contributed by atoms with Gasteiger partial charge in [0, 0.05) is 22.3 Å². The van der Waals surface area contributed by atoms with E-state index in [9.17, 15) is 17.6 Å². The van der Waals surface area contributed by atoms with E-state index in [1.54, 1.807) is 17.5 Å². The summed E-state index contributed by atoms with van der Waals surface area (Å²) >= 11 is 0.399. The van der Waals surface area contributed by atoms with E-state index in [1.165, 1.54) is 37.1 Å². The topological polar surface area (TPSA) is 23.8 Å². The van der Waals surface area contributed by atoms with E-state index in [0.717, 1.165) is 30.0 Å². The third-order valence-electron chi connectivity index (χ3n) is 5.26. The second-order valence-electron chi connectivity index (χ2n) is 7.76. The molecule has 0 unspecified atom stereocenters. The minimum Gasteiger partial charge on any atom is -0.206 e. The molecule has 0 spiro atoms. The molecule has 3 aromatic rings. The van der Waals surface area contributed by atoms with Crippen LogP contribution in [-0.4, -0.2) is 0 Å². The average Bonchev–Trinajstić information content (AvgIpc) is 3.64. The van der Waals surface area contributed by atoms with Crippen LogP contribution in [0.25, 0.3) is 11.7 Å². The summed E-state index contributed by atoms with van der Waals surface area (Å²) in [5, 5.41) is 10.2. The Morgan fingerprint density at radius 3 is 1.85 bits per heavy atom. The average molecular weight is 463 g/mol. The number of nitriles is 1. The van der Waals surface area contributed by atoms with Crippen molar-refractivity contribution in [1.29, 1.82) is 5.26 Å². The Labute approximate surface area is 193 Å². The van der Waals surface area contributed by atoms with Gasteiger partial charge in [0.2, 0.25) is 0 Å². The number of thioether (sulfide) groups is 1. The lowest BCUT2D eigenvalue weighted by Gasteiger charge is -2.05. The lowest BCUT2D eigenvalue weighted by atomic mass is 10.0. The number of halogens is 4. The molecule has 1 nitrogen and oxygen atoms in total. The van der Waals surface area contributed by atoms with Gasteiger partial charge in [-0.05, 0) is 66.8 Å². The summed E-state index contributed by atoms with van der Waals surface area (Å²) in [6, 6.07) is 14.7. The molecule has 6 heteroatoms. The third kappa shape index (κ3) is 5.66. The van der Waals surface area contributed by atoms with E-state index < -0.39 is 23.3 Å². The monoisotopic (exact) mass is 463 g/mol. The van der Waals surface area contributed by atoms with Gasteiger partial charge in [-0.15, -0.1) is 0 Å². The molecule has 0 saturated heterocycles. The predicted molar refractivity (Wildman–Crippen MR) is 122 cm³/mol. The summed E-state index contributed by atoms with van der Waals surface area (Å²) in [6.07, 6.45) is 3.43. The molecule has 1 aliphatic rings. The van der Waals surface area contributed by atoms with Gasteiger partial charge in [0.1, 0.15) is 17.0 Å². The van der Waals surface area contributed by atoms with Crippen molar-refractivity contribution < 1.29 is 17.6 Å². The van der Waals surface area contributed by atoms with Gasteiger partial charge in [0.25, 0.3) is 0 Å². The fourth-order valence-corrected chi connectivity index (χ4v) is 3.72. The van der Waals surface area contributed by atoms with Gasteiger partial charge in [-0.25, -0.2) is 17.6 Å². The molecule has 1 saturated carbocycles. The minimum absolute atomic E-state index is 0.0649. The van der Waals surface area contributed by atoms with Crippen molar-refractivity contribution in [3.8, 4) is 17.2 Å². The predicted octanol–water partition coefficient (Wildman–Crippen LogP) is 7.66. The van der Waals surface area contributed by atoms with Gasteiger partial charge in [-0.1, -0.05) is 48.2 Å². The molecule has 0 bridgehead atoms. The molecular formula is C27H17F4NS. The molecule has 1 aliphatic carbocycles. The van der Waals surface area contributed by atoms with E-state index in [1.807, 2.05) is 12.1 Å². The second kappa shape index (κ2) is 9.98. The minimum atomic E-state index is -0.973. The summed E-state index contributed by atoms with van der Waals surface area (Å²) in [5.41, 5.74) is 1.93. The van der Waals surface area contributed by atoms with E-state index in [0.29, 0.717) is 17.3 Å². The highest BCUT2D eigenvalue weighted by Crippen LogP contribution is 2.34. The highest BCUT2D eigenvalue weighted by atomic mass is 32.2. The van der Waals surface area contributed by atoms with Crippen LogP contribution in [-0.2, 0) is 6.42 Å². The Bertz CT molecular complexity index is 1280. The lowest BCUT2D eigenvalue weighted by molar-refractivity contribution is 0.540. The highest BCUT2D eigenvalue weighted by molar-refractivity contribution is 8.03. The molecule has 0 heterocycles. The summed E-state index contributed by atoms with van der Waals surface area (Å²) < 4.78 is 57.1. The van der Waals surface area contributed by atoms with Crippen LogP contribution in [0.15, 0.2) is 65.6 Å². The van der Waals surface area contributed by atoms with Gasteiger partial charge in [-0.3, -0.25) is 0 Å². The largest absolute Gasteiger partial charge is 0.206 e. The summed E-state index contributed by atoms with van der Waals surface area (Å²) in [6.45, 7) is 0. The molecule has 0 amide bonds. The van der Waals surface area contributed by atoms with Crippen molar-refractivity contribution in [1.82, 2.24) is 0 Å². The molecular weight excluding hydrogens is 446 g/mol. The number of rotatable bonds is 5. The van der Waals surface area contributed by atoms with Crippen LogP contribution in [0.5, 0.6) is 0 Å². The van der Waals surface area contributed by atoms with Crippen molar-refractivity contribution >= 4 is 23.4 Å². The summed E-state index contributed by atoms with van der Waals surface area (Å²) in [5.74, 6) is 2.43. The van der Waals surface area contributed by atoms with Crippen molar-refractivity contribution in [2.45, 2.75) is 24.2 Å². The first-order valence-corrected chi connectivity index (χ1v) is 11.1. The van der Waals surface area contributed by atoms with E-state index in [2.05, 4.69) is 11.8 Å². The van der Waals surface area contributed by atoms with E-state index in [-0.39, 0.29) is 21.6 Å². The van der Waals surface area contributed by atoms with Crippen molar-refractivity contribution in [2.24, 2.45) is 5.92 Å². The van der Waals surface area contributed by atoms with Crippen LogP contribution in [0, 0.1) is 40.1 Å². The molecule has 0 radical (unpaired) electrons. The summed E-state index contributed by atoms with van der Waals surface area (Å²) in [4.78, 5) is -0.380. The van der Waals surface area contributed by atoms with Crippen LogP contribution in [0.2, 0.25) is 0 Å². The third-order valence-corrected chi connectivity index (χ3v) is 5.94. The maximum absolute atomic E-state index is 14.7. The molecule has 0 aliphatic heterocycles. The molecule has 0 atom stereocenters. The zero-order valence-electron chi connectivity index (χ0n) is 17.3. The Kier molecular flexibility index (Phi) is 6.87. The highest BCUT2D eigenvalue weighted by Gasteiger charge is 2.21. The molecule has 164 valence electrons. The van der Waals surface area contributed by atoms with E-state index >= 15 is 0 Å². The first-order chi connectivity index (χ1) is 15.9. The van der Waals surface area contributed by atoms with Crippen LogP contribution < -0.4 is 0 Å². The maximum atomic E-state index is 14.7. The zero-order chi connectivity index (χ0) is 23.4. The van der Waals surface area contributed by atoms with Crippen molar-refractivity contribution in [3.63, 3.8) is 0 Å². The zero-order valence-corrected chi connectivity index (χ0v) is 18.2. The molecule has 3 aromatic carbocycles. The fourth-order valence-electron chi connectivity index (χ4n) is 3.32. The summed E-state index contributed by atoms with van der Waals surface area (Å²) in [7, 11) is 0. The smallest absolute Gasteiger partial charge is 0.166 e. The normalized spacial score (nSPS) is 13.5. The van der Waals surface area contributed by atoms with Gasteiger partial charge in [0.05, 0.1) is 4.90 Å². The number of thiocyanates is 1. The fraction of sp³-hybridized carbons (Fsp3) is 0.148. The SMILES string of the molecule is N#CSc1c(F)cc(C#Cc2ccc(/C(F)=C(\F)c3ccc(CC4CC4)cc3)cc2)cc1F. The molecule has 0 N–H and O–H groups in total. The van der Waals surface area contributed by atoms with Crippen molar-refractivity contribution in [3.05, 3.63) is 100 Å². The van der Waals surface area contributed by atoms with Gasteiger partial charge in [0.15, 0.2) is 11.7 Å². The standard InChI is InChI=1S/C27H17F4NS/c28-23-14-20(15-24(29)27(23)33-16-32)4-1-17-5-9-21(10-6-17)25(30)26(31)22-11-7-19(8-12-22)13-18-2-3-18/h5-12,14-15,18H,2-3,13H2/b26-25+. The van der Waals surface area contributed by atoms with Crippen LogP contribution >= 0.6 is 11.8 Å².